The molecule has 0 aromatic carbocycles. The number of aromatic nitrogens is 1. The normalized spacial score (nSPS) is 41.0. The third-order valence-corrected chi connectivity index (χ3v) is 10.9. The summed E-state index contributed by atoms with van der Waals surface area (Å²) in [5.74, 6) is -6.35. The van der Waals surface area contributed by atoms with Gasteiger partial charge in [0.15, 0.2) is 11.3 Å². The van der Waals surface area contributed by atoms with E-state index in [1.54, 1.807) is 13.8 Å². The van der Waals surface area contributed by atoms with Crippen molar-refractivity contribution in [2.24, 2.45) is 34.5 Å². The molecule has 11 heteroatoms. The van der Waals surface area contributed by atoms with Crippen LogP contribution in [0.1, 0.15) is 56.9 Å². The Morgan fingerprint density at radius 2 is 2.05 bits per heavy atom. The Hall–Kier alpha value is -1.98. The standard InChI is InChI=1S/C26H28F3NO5S2/c1-12-6-15-14-5-4-13-7-17(31)20(28)21(29)25(13,3)19(14)18(32)8-24(15,2)26(12,23(34)37-10-27)35-22(33)16-9-36-11-30-16/h7,9,11-12,14-15,18-19,32H,4-6,8,10H2,1-3H3/t12-,14+,15+,18+,19-,24+,25+,26+/m1/s1. The fraction of sp³-hybridized carbons (Fsp3) is 0.615. The van der Waals surface area contributed by atoms with E-state index in [2.05, 4.69) is 4.98 Å². The molecule has 37 heavy (non-hydrogen) atoms. The van der Waals surface area contributed by atoms with E-state index in [4.69, 9.17) is 4.74 Å². The first-order valence-corrected chi connectivity index (χ1v) is 14.2. The van der Waals surface area contributed by atoms with Gasteiger partial charge in [-0.15, -0.1) is 11.3 Å². The summed E-state index contributed by atoms with van der Waals surface area (Å²) in [6.07, 6.45) is 1.13. The Bertz CT molecular complexity index is 1220. The first kappa shape index (κ1) is 26.6. The van der Waals surface area contributed by atoms with E-state index < -0.39 is 68.9 Å². The second-order valence-electron chi connectivity index (χ2n) is 11.1. The van der Waals surface area contributed by atoms with Crippen LogP contribution < -0.4 is 0 Å². The molecule has 1 aromatic heterocycles. The maximum absolute atomic E-state index is 15.5. The predicted octanol–water partition coefficient (Wildman–Crippen LogP) is 5.34. The Labute approximate surface area is 220 Å². The molecule has 1 N–H and O–H groups in total. The van der Waals surface area contributed by atoms with Crippen LogP contribution in [0.4, 0.5) is 13.2 Å². The average molecular weight is 556 g/mol. The van der Waals surface area contributed by atoms with Crippen molar-refractivity contribution in [3.8, 4) is 0 Å². The van der Waals surface area contributed by atoms with E-state index in [0.717, 1.165) is 6.08 Å². The molecule has 3 fully saturated rings. The maximum atomic E-state index is 15.5. The molecule has 4 aliphatic rings. The molecular formula is C26H28F3NO5S2. The van der Waals surface area contributed by atoms with Gasteiger partial charge < -0.3 is 9.84 Å². The molecule has 5 rings (SSSR count). The van der Waals surface area contributed by atoms with Crippen molar-refractivity contribution in [1.29, 1.82) is 0 Å². The molecule has 0 spiro atoms. The number of ketones is 1. The highest BCUT2D eigenvalue weighted by Gasteiger charge is 2.73. The number of allylic oxidation sites excluding steroid dienone is 4. The van der Waals surface area contributed by atoms with Crippen LogP contribution in [0.15, 0.2) is 34.2 Å². The van der Waals surface area contributed by atoms with E-state index in [1.807, 2.05) is 0 Å². The second kappa shape index (κ2) is 9.05. The lowest BCUT2D eigenvalue weighted by molar-refractivity contribution is -0.178. The van der Waals surface area contributed by atoms with Crippen LogP contribution in [0, 0.1) is 34.5 Å². The largest absolute Gasteiger partial charge is 0.444 e. The zero-order valence-corrected chi connectivity index (χ0v) is 22.3. The number of esters is 1. The minimum atomic E-state index is -1.75. The van der Waals surface area contributed by atoms with E-state index in [-0.39, 0.29) is 24.0 Å². The van der Waals surface area contributed by atoms with Crippen LogP contribution in [0.3, 0.4) is 0 Å². The van der Waals surface area contributed by atoms with Gasteiger partial charge in [0.1, 0.15) is 11.8 Å². The zero-order valence-electron chi connectivity index (χ0n) is 20.6. The number of carbonyl (C=O) groups excluding carboxylic acids is 3. The highest BCUT2D eigenvalue weighted by molar-refractivity contribution is 8.13. The van der Waals surface area contributed by atoms with E-state index in [1.165, 1.54) is 29.2 Å². The van der Waals surface area contributed by atoms with Crippen molar-refractivity contribution >= 4 is 40.0 Å². The molecule has 0 aliphatic heterocycles. The molecule has 0 unspecified atom stereocenters. The lowest BCUT2D eigenvalue weighted by Gasteiger charge is -2.60. The molecule has 1 heterocycles. The molecule has 4 aliphatic carbocycles. The lowest BCUT2D eigenvalue weighted by Crippen LogP contribution is -2.63. The molecule has 0 radical (unpaired) electrons. The Morgan fingerprint density at radius 1 is 1.32 bits per heavy atom. The van der Waals surface area contributed by atoms with Crippen LogP contribution in [-0.2, 0) is 14.3 Å². The predicted molar refractivity (Wildman–Crippen MR) is 131 cm³/mol. The number of halogens is 3. The van der Waals surface area contributed by atoms with Gasteiger partial charge >= 0.3 is 5.97 Å². The number of alkyl halides is 1. The van der Waals surface area contributed by atoms with Crippen molar-refractivity contribution in [1.82, 2.24) is 4.98 Å². The molecule has 1 aromatic rings. The monoisotopic (exact) mass is 555 g/mol. The van der Waals surface area contributed by atoms with Gasteiger partial charge in [0, 0.05) is 28.0 Å². The molecule has 0 saturated heterocycles. The van der Waals surface area contributed by atoms with Gasteiger partial charge in [-0.3, -0.25) is 9.59 Å². The third kappa shape index (κ3) is 3.49. The summed E-state index contributed by atoms with van der Waals surface area (Å²) >= 11 is 1.62. The van der Waals surface area contributed by atoms with Gasteiger partial charge in [-0.05, 0) is 62.3 Å². The average Bonchev–Trinajstić information content (AvgIpc) is 3.45. The van der Waals surface area contributed by atoms with Crippen LogP contribution in [0.2, 0.25) is 0 Å². The molecule has 200 valence electrons. The van der Waals surface area contributed by atoms with Crippen molar-refractivity contribution in [2.45, 2.75) is 58.2 Å². The van der Waals surface area contributed by atoms with Crippen molar-refractivity contribution in [3.05, 3.63) is 39.9 Å². The van der Waals surface area contributed by atoms with E-state index in [9.17, 15) is 28.3 Å². The number of thiazole rings is 1. The van der Waals surface area contributed by atoms with Gasteiger partial charge in [-0.2, -0.15) is 4.39 Å². The Balaban J connectivity index is 1.60. The van der Waals surface area contributed by atoms with Gasteiger partial charge in [0.25, 0.3) is 0 Å². The highest BCUT2D eigenvalue weighted by atomic mass is 32.2. The second-order valence-corrected chi connectivity index (χ2v) is 12.7. The van der Waals surface area contributed by atoms with E-state index in [0.29, 0.717) is 36.6 Å². The molecular weight excluding hydrogens is 527 g/mol. The molecule has 0 bridgehead atoms. The fourth-order valence-electron chi connectivity index (χ4n) is 8.11. The minimum Gasteiger partial charge on any atom is -0.444 e. The van der Waals surface area contributed by atoms with Crippen LogP contribution in [0.5, 0.6) is 0 Å². The summed E-state index contributed by atoms with van der Waals surface area (Å²) in [4.78, 5) is 42.7. The highest BCUT2D eigenvalue weighted by Crippen LogP contribution is 2.70. The molecule has 6 nitrogen and oxygen atoms in total. The first-order valence-electron chi connectivity index (χ1n) is 12.3. The number of hydrogen-bond acceptors (Lipinski definition) is 8. The van der Waals surface area contributed by atoms with Gasteiger partial charge in [-0.1, -0.05) is 19.4 Å². The Kier molecular flexibility index (Phi) is 6.51. The number of fused-ring (bicyclic) bond motifs is 5. The zero-order chi connectivity index (χ0) is 26.9. The number of nitrogens with zero attached hydrogens (tertiary/aromatic N) is 1. The number of hydrogen-bond donors (Lipinski definition) is 1. The van der Waals surface area contributed by atoms with Crippen LogP contribution in [-0.4, -0.2) is 44.7 Å². The van der Waals surface area contributed by atoms with E-state index >= 15 is 4.39 Å². The molecule has 8 atom stereocenters. The van der Waals surface area contributed by atoms with Crippen molar-refractivity contribution in [2.75, 3.05) is 6.01 Å². The Morgan fingerprint density at radius 3 is 2.70 bits per heavy atom. The fourth-order valence-corrected chi connectivity index (χ4v) is 9.42. The minimum absolute atomic E-state index is 0.0328. The summed E-state index contributed by atoms with van der Waals surface area (Å²) in [6, 6.07) is -1.01. The maximum Gasteiger partial charge on any atom is 0.358 e. The third-order valence-electron chi connectivity index (χ3n) is 9.63. The van der Waals surface area contributed by atoms with Gasteiger partial charge in [0.05, 0.1) is 11.6 Å². The summed E-state index contributed by atoms with van der Waals surface area (Å²) < 4.78 is 49.5. The molecule has 0 amide bonds. The summed E-state index contributed by atoms with van der Waals surface area (Å²) in [5.41, 5.74) is -2.39. The number of ether oxygens (including phenoxy) is 1. The SMILES string of the molecule is C[C@@H]1C[C@H]2[C@@H]3CCC4=CC(=O)C(F)=C(F)[C@]4(C)[C@H]3[C@@H](O)C[C@]2(C)[C@@]1(OC(=O)c1cscn1)C(=O)SCF. The topological polar surface area (TPSA) is 93.6 Å². The quantitative estimate of drug-likeness (QED) is 0.501. The van der Waals surface area contributed by atoms with Crippen LogP contribution in [0.25, 0.3) is 0 Å². The number of aliphatic hydroxyl groups excluding tert-OH is 1. The van der Waals surface area contributed by atoms with Crippen LogP contribution >= 0.6 is 23.1 Å². The summed E-state index contributed by atoms with van der Waals surface area (Å²) in [7, 11) is 0. The smallest absolute Gasteiger partial charge is 0.358 e. The van der Waals surface area contributed by atoms with Gasteiger partial charge in [0.2, 0.25) is 16.7 Å². The number of thioether (sulfide) groups is 1. The first-order chi connectivity index (χ1) is 17.4. The summed E-state index contributed by atoms with van der Waals surface area (Å²) in [5, 5.41) is 12.4. The lowest BCUT2D eigenvalue weighted by atomic mass is 9.46. The molecule has 3 saturated carbocycles. The number of carbonyl (C=O) groups is 3. The summed E-state index contributed by atoms with van der Waals surface area (Å²) in [6.45, 7) is 5.07. The number of rotatable bonds is 4. The van der Waals surface area contributed by atoms with Gasteiger partial charge in [-0.25, -0.2) is 18.6 Å². The number of aliphatic hydroxyl groups is 1. The van der Waals surface area contributed by atoms with Crippen molar-refractivity contribution < 1.29 is 37.4 Å². The van der Waals surface area contributed by atoms with Crippen molar-refractivity contribution in [3.63, 3.8) is 0 Å².